The van der Waals surface area contributed by atoms with Gasteiger partial charge in [-0.1, -0.05) is 30.3 Å². The predicted molar refractivity (Wildman–Crippen MR) is 93.7 cm³/mol. The van der Waals surface area contributed by atoms with Gasteiger partial charge in [-0.25, -0.2) is 4.98 Å². The maximum absolute atomic E-state index is 12.7. The highest BCUT2D eigenvalue weighted by molar-refractivity contribution is 7.15. The number of nitrogens with zero attached hydrogens (tertiary/aromatic N) is 2. The third-order valence-corrected chi connectivity index (χ3v) is 4.30. The Morgan fingerprint density at radius 1 is 1.28 bits per heavy atom. The minimum Gasteiger partial charge on any atom is -0.465 e. The topological polar surface area (TPSA) is 89.8 Å². The minimum atomic E-state index is -0.662. The van der Waals surface area contributed by atoms with Crippen molar-refractivity contribution in [2.45, 2.75) is 6.92 Å². The van der Waals surface area contributed by atoms with E-state index in [4.69, 9.17) is 4.74 Å². The van der Waals surface area contributed by atoms with E-state index in [0.717, 1.165) is 5.56 Å². The van der Waals surface area contributed by atoms with Gasteiger partial charge in [0.1, 0.15) is 12.1 Å². The molecule has 1 amide bonds. The van der Waals surface area contributed by atoms with Crippen molar-refractivity contribution in [1.29, 1.82) is 0 Å². The first-order chi connectivity index (χ1) is 12.1. The van der Waals surface area contributed by atoms with Crippen LogP contribution in [-0.2, 0) is 9.53 Å². The fraction of sp³-hybridized carbons (Fsp3) is 0.176. The second kappa shape index (κ2) is 7.27. The van der Waals surface area contributed by atoms with Crippen LogP contribution in [0.4, 0.5) is 0 Å². The Kier molecular flexibility index (Phi) is 4.90. The van der Waals surface area contributed by atoms with E-state index < -0.39 is 17.4 Å². The van der Waals surface area contributed by atoms with Crippen molar-refractivity contribution in [1.82, 2.24) is 14.7 Å². The van der Waals surface area contributed by atoms with Crippen LogP contribution >= 0.6 is 11.3 Å². The van der Waals surface area contributed by atoms with Crippen molar-refractivity contribution >= 4 is 28.2 Å². The number of esters is 1. The van der Waals surface area contributed by atoms with Crippen LogP contribution in [0.2, 0.25) is 0 Å². The molecule has 0 saturated carbocycles. The number of hydrogen-bond acceptors (Lipinski definition) is 6. The van der Waals surface area contributed by atoms with Crippen molar-refractivity contribution in [2.24, 2.45) is 0 Å². The molecule has 0 bridgehead atoms. The lowest BCUT2D eigenvalue weighted by Gasteiger charge is -2.06. The number of thiazole rings is 1. The molecule has 8 heteroatoms. The van der Waals surface area contributed by atoms with E-state index in [9.17, 15) is 14.4 Å². The van der Waals surface area contributed by atoms with E-state index in [1.54, 1.807) is 6.92 Å². The molecule has 0 aliphatic rings. The molecular formula is C17H15N3O4S. The Labute approximate surface area is 146 Å². The summed E-state index contributed by atoms with van der Waals surface area (Å²) in [6.07, 6.45) is 1.23. The molecule has 0 atom stereocenters. The molecule has 0 aliphatic carbocycles. The zero-order valence-corrected chi connectivity index (χ0v) is 14.2. The highest BCUT2D eigenvalue weighted by Crippen LogP contribution is 2.23. The molecule has 0 aliphatic heterocycles. The van der Waals surface area contributed by atoms with Crippen LogP contribution in [0.25, 0.3) is 16.2 Å². The number of nitrogens with one attached hydrogen (secondary N) is 1. The van der Waals surface area contributed by atoms with Crippen LogP contribution in [0.15, 0.2) is 46.7 Å². The summed E-state index contributed by atoms with van der Waals surface area (Å²) in [4.78, 5) is 41.0. The smallest absolute Gasteiger partial charge is 0.325 e. The zero-order valence-electron chi connectivity index (χ0n) is 13.4. The lowest BCUT2D eigenvalue weighted by Crippen LogP contribution is -2.35. The van der Waals surface area contributed by atoms with Crippen LogP contribution in [0.5, 0.6) is 0 Å². The van der Waals surface area contributed by atoms with Crippen molar-refractivity contribution in [3.8, 4) is 11.3 Å². The first-order valence-electron chi connectivity index (χ1n) is 7.60. The first kappa shape index (κ1) is 16.8. The molecule has 0 saturated heterocycles. The summed E-state index contributed by atoms with van der Waals surface area (Å²) in [7, 11) is 0. The number of carbonyl (C=O) groups is 2. The maximum Gasteiger partial charge on any atom is 0.325 e. The molecule has 0 unspecified atom stereocenters. The normalized spacial score (nSPS) is 10.6. The average Bonchev–Trinajstić information content (AvgIpc) is 3.06. The molecule has 3 rings (SSSR count). The van der Waals surface area contributed by atoms with E-state index in [0.29, 0.717) is 10.7 Å². The molecule has 2 aromatic heterocycles. The SMILES string of the molecule is CCOC(=O)CNC(=O)c1cnc2scc(-c3ccccc3)n2c1=O. The van der Waals surface area contributed by atoms with Crippen molar-refractivity contribution in [3.63, 3.8) is 0 Å². The number of fused-ring (bicyclic) bond motifs is 1. The van der Waals surface area contributed by atoms with Gasteiger partial charge in [-0.15, -0.1) is 11.3 Å². The average molecular weight is 357 g/mol. The molecule has 25 heavy (non-hydrogen) atoms. The number of rotatable bonds is 5. The Morgan fingerprint density at radius 3 is 2.76 bits per heavy atom. The largest absolute Gasteiger partial charge is 0.465 e. The van der Waals surface area contributed by atoms with Gasteiger partial charge >= 0.3 is 5.97 Å². The van der Waals surface area contributed by atoms with Crippen LogP contribution in [0.1, 0.15) is 17.3 Å². The number of amides is 1. The molecule has 1 aromatic carbocycles. The molecular weight excluding hydrogens is 342 g/mol. The van der Waals surface area contributed by atoms with Crippen LogP contribution in [0, 0.1) is 0 Å². The van der Waals surface area contributed by atoms with Crippen molar-refractivity contribution in [2.75, 3.05) is 13.2 Å². The number of hydrogen-bond donors (Lipinski definition) is 1. The quantitative estimate of drug-likeness (QED) is 0.702. The Balaban J connectivity index is 1.96. The molecule has 128 valence electrons. The van der Waals surface area contributed by atoms with Crippen LogP contribution < -0.4 is 10.9 Å². The maximum atomic E-state index is 12.7. The molecule has 0 fully saturated rings. The van der Waals surface area contributed by atoms with E-state index in [-0.39, 0.29) is 18.7 Å². The van der Waals surface area contributed by atoms with E-state index in [2.05, 4.69) is 10.3 Å². The summed E-state index contributed by atoms with van der Waals surface area (Å²) in [5.41, 5.74) is 0.906. The molecule has 3 aromatic rings. The Bertz CT molecular complexity index is 978. The summed E-state index contributed by atoms with van der Waals surface area (Å²) < 4.78 is 6.14. The minimum absolute atomic E-state index is 0.127. The fourth-order valence-corrected chi connectivity index (χ4v) is 3.18. The lowest BCUT2D eigenvalue weighted by atomic mass is 10.2. The summed E-state index contributed by atoms with van der Waals surface area (Å²) in [6, 6.07) is 9.37. The number of benzene rings is 1. The molecule has 1 N–H and O–H groups in total. The van der Waals surface area contributed by atoms with Crippen LogP contribution in [0.3, 0.4) is 0 Å². The Hall–Kier alpha value is -3.00. The van der Waals surface area contributed by atoms with Gasteiger partial charge in [0.15, 0.2) is 4.96 Å². The van der Waals surface area contributed by atoms with Crippen LogP contribution in [-0.4, -0.2) is 34.4 Å². The number of ether oxygens (including phenoxy) is 1. The lowest BCUT2D eigenvalue weighted by molar-refractivity contribution is -0.141. The van der Waals surface area contributed by atoms with Gasteiger partial charge in [-0.3, -0.25) is 18.8 Å². The van der Waals surface area contributed by atoms with E-state index in [1.165, 1.54) is 21.9 Å². The van der Waals surface area contributed by atoms with Gasteiger partial charge in [0.25, 0.3) is 11.5 Å². The molecule has 0 radical (unpaired) electrons. The number of aromatic nitrogens is 2. The third-order valence-electron chi connectivity index (χ3n) is 3.46. The van der Waals surface area contributed by atoms with Gasteiger partial charge in [0, 0.05) is 11.6 Å². The second-order valence-electron chi connectivity index (χ2n) is 5.07. The molecule has 0 spiro atoms. The van der Waals surface area contributed by atoms with Crippen molar-refractivity contribution < 1.29 is 14.3 Å². The highest BCUT2D eigenvalue weighted by Gasteiger charge is 2.17. The third kappa shape index (κ3) is 3.43. The summed E-state index contributed by atoms with van der Waals surface area (Å²) >= 11 is 1.31. The summed E-state index contributed by atoms with van der Waals surface area (Å²) in [5.74, 6) is -1.23. The first-order valence-corrected chi connectivity index (χ1v) is 8.48. The van der Waals surface area contributed by atoms with Crippen molar-refractivity contribution in [3.05, 3.63) is 57.8 Å². The van der Waals surface area contributed by atoms with Gasteiger partial charge in [0.05, 0.1) is 12.3 Å². The second-order valence-corrected chi connectivity index (χ2v) is 5.91. The summed E-state index contributed by atoms with van der Waals surface area (Å²) in [5, 5.41) is 4.20. The Morgan fingerprint density at radius 2 is 2.04 bits per heavy atom. The van der Waals surface area contributed by atoms with Gasteiger partial charge in [0.2, 0.25) is 0 Å². The number of carbonyl (C=O) groups excluding carboxylic acids is 2. The van der Waals surface area contributed by atoms with E-state index in [1.807, 2.05) is 35.7 Å². The van der Waals surface area contributed by atoms with E-state index >= 15 is 0 Å². The molecule has 7 nitrogen and oxygen atoms in total. The van der Waals surface area contributed by atoms with Gasteiger partial charge in [-0.2, -0.15) is 0 Å². The zero-order chi connectivity index (χ0) is 17.8. The highest BCUT2D eigenvalue weighted by atomic mass is 32.1. The monoisotopic (exact) mass is 357 g/mol. The predicted octanol–water partition coefficient (Wildman–Crippen LogP) is 1.72. The molecule has 2 heterocycles. The van der Waals surface area contributed by atoms with Gasteiger partial charge < -0.3 is 10.1 Å². The van der Waals surface area contributed by atoms with Gasteiger partial charge in [-0.05, 0) is 12.5 Å². The summed E-state index contributed by atoms with van der Waals surface area (Å²) in [6.45, 7) is 1.59. The standard InChI is InChI=1S/C17H15N3O4S/c1-2-24-14(21)9-18-15(22)12-8-19-17-20(16(12)23)13(10-25-17)11-6-4-3-5-7-11/h3-8,10H,2,9H2,1H3,(H,18,22). The fourth-order valence-electron chi connectivity index (χ4n) is 2.32.